The topological polar surface area (TPSA) is 141 Å². The predicted octanol–water partition coefficient (Wildman–Crippen LogP) is 2.27. The summed E-state index contributed by atoms with van der Waals surface area (Å²) in [5, 5.41) is 14.8. The molecule has 4 N–H and O–H groups in total. The molecule has 0 aromatic heterocycles. The second-order valence-electron chi connectivity index (χ2n) is 9.25. The van der Waals surface area contributed by atoms with E-state index in [4.69, 9.17) is 25.5 Å². The summed E-state index contributed by atoms with van der Waals surface area (Å²) >= 11 is 0. The van der Waals surface area contributed by atoms with Gasteiger partial charge in [0.05, 0.1) is 17.9 Å². The number of ketones is 1. The number of para-hydroxylation sites is 2. The number of carboxylic acid groups (broad SMARTS) is 2. The highest BCUT2D eigenvalue weighted by atomic mass is 16.4. The molecule has 0 spiro atoms. The van der Waals surface area contributed by atoms with Crippen LogP contribution in [0.2, 0.25) is 0 Å². The van der Waals surface area contributed by atoms with E-state index in [2.05, 4.69) is 11.0 Å². The number of hydrogen-bond donors (Lipinski definition) is 3. The molecule has 1 aliphatic carbocycles. The van der Waals surface area contributed by atoms with Crippen molar-refractivity contribution in [3.8, 4) is 0 Å². The molecule has 2 aliphatic rings. The Hall–Kier alpha value is -2.94. The van der Waals surface area contributed by atoms with Crippen molar-refractivity contribution in [2.75, 3.05) is 22.9 Å². The summed E-state index contributed by atoms with van der Waals surface area (Å²) in [4.78, 5) is 47.8. The number of hydrogen-bond acceptors (Lipinski definition) is 6. The third-order valence-electron chi connectivity index (χ3n) is 5.80. The maximum Gasteiger partial charge on any atom is 0.414 e. The van der Waals surface area contributed by atoms with Crippen LogP contribution in [0.4, 0.5) is 11.4 Å². The Morgan fingerprint density at radius 3 is 2.03 bits per heavy atom. The van der Waals surface area contributed by atoms with Crippen LogP contribution in [0.5, 0.6) is 0 Å². The number of rotatable bonds is 3. The van der Waals surface area contributed by atoms with Crippen molar-refractivity contribution in [2.45, 2.75) is 65.0 Å². The first kappa shape index (κ1) is 25.3. The van der Waals surface area contributed by atoms with Crippen LogP contribution in [0.1, 0.15) is 52.9 Å². The third-order valence-corrected chi connectivity index (χ3v) is 5.80. The number of carbonyl (C=O) groups excluding carboxylic acids is 2. The van der Waals surface area contributed by atoms with E-state index in [1.165, 1.54) is 19.3 Å². The smallest absolute Gasteiger partial charge is 0.414 e. The van der Waals surface area contributed by atoms with Gasteiger partial charge in [-0.3, -0.25) is 9.59 Å². The molecule has 9 nitrogen and oxygen atoms in total. The van der Waals surface area contributed by atoms with Gasteiger partial charge in [0.25, 0.3) is 0 Å². The minimum absolute atomic E-state index is 0.0407. The molecule has 1 aromatic rings. The average Bonchev–Trinajstić information content (AvgIpc) is 2.84. The molecule has 1 aliphatic heterocycles. The fourth-order valence-electron chi connectivity index (χ4n) is 3.92. The van der Waals surface area contributed by atoms with Gasteiger partial charge >= 0.3 is 11.9 Å². The zero-order valence-corrected chi connectivity index (χ0v) is 18.9. The highest BCUT2D eigenvalue weighted by Crippen LogP contribution is 2.37. The number of carbonyl (C=O) groups is 4. The third kappa shape index (κ3) is 6.29. The molecule has 1 saturated carbocycles. The number of amides is 1. The van der Waals surface area contributed by atoms with Gasteiger partial charge in [0, 0.05) is 18.0 Å². The molecule has 0 radical (unpaired) electrons. The summed E-state index contributed by atoms with van der Waals surface area (Å²) in [6.07, 6.45) is 5.99. The molecule has 1 aromatic carbocycles. The van der Waals surface area contributed by atoms with Crippen molar-refractivity contribution < 1.29 is 29.4 Å². The number of Topliss-reactive ketones (excluding diaryl/α,β-unsaturated/α-hetero) is 1. The summed E-state index contributed by atoms with van der Waals surface area (Å²) in [5.74, 6) is -3.77. The number of carboxylic acids is 2. The van der Waals surface area contributed by atoms with Crippen LogP contribution in [-0.4, -0.2) is 59.0 Å². The lowest BCUT2D eigenvalue weighted by Crippen LogP contribution is -2.51. The van der Waals surface area contributed by atoms with Crippen molar-refractivity contribution in [2.24, 2.45) is 11.1 Å². The van der Waals surface area contributed by atoms with Crippen LogP contribution in [0.15, 0.2) is 24.3 Å². The normalized spacial score (nSPS) is 19.4. The lowest BCUT2D eigenvalue weighted by molar-refractivity contribution is -0.159. The Balaban J connectivity index is 0.000000534. The maximum absolute atomic E-state index is 13.0. The zero-order valence-electron chi connectivity index (χ0n) is 18.9. The number of aliphatic carboxylic acids is 2. The maximum atomic E-state index is 13.0. The zero-order chi connectivity index (χ0) is 24.1. The van der Waals surface area contributed by atoms with Crippen molar-refractivity contribution >= 4 is 35.0 Å². The lowest BCUT2D eigenvalue weighted by Gasteiger charge is -2.36. The molecule has 176 valence electrons. The Bertz CT molecular complexity index is 846. The molecule has 1 heterocycles. The molecule has 3 rings (SSSR count). The fraction of sp³-hybridized carbons (Fsp3) is 0.565. The summed E-state index contributed by atoms with van der Waals surface area (Å²) in [6.45, 7) is 6.25. The van der Waals surface area contributed by atoms with Gasteiger partial charge in [-0.15, -0.1) is 0 Å². The summed E-state index contributed by atoms with van der Waals surface area (Å²) in [5.41, 5.74) is 7.64. The summed E-state index contributed by atoms with van der Waals surface area (Å²) in [7, 11) is 0. The van der Waals surface area contributed by atoms with Crippen LogP contribution in [0.25, 0.3) is 0 Å². The quantitative estimate of drug-likeness (QED) is 0.599. The number of fused-ring (bicyclic) bond motifs is 1. The number of nitrogens with two attached hydrogens (primary N) is 1. The number of anilines is 2. The Morgan fingerprint density at radius 1 is 1.00 bits per heavy atom. The van der Waals surface area contributed by atoms with Gasteiger partial charge in [0.2, 0.25) is 5.91 Å². The van der Waals surface area contributed by atoms with Gasteiger partial charge in [0.15, 0.2) is 5.78 Å². The standard InChI is InChI=1S/C21H31N3O2.C2H2O4/c1-21(2,3)19(25)14-24-18-12-8-7-11-17(18)23(13-16(22)20(24)26)15-9-5-4-6-10-15;3-1(4)2(5)6/h7-8,11-12,15-16H,4-6,9-10,13-14,22H2,1-3H3;(H,3,4)(H,5,6). The second kappa shape index (κ2) is 10.6. The molecule has 0 bridgehead atoms. The van der Waals surface area contributed by atoms with Crippen molar-refractivity contribution in [3.63, 3.8) is 0 Å². The van der Waals surface area contributed by atoms with E-state index in [1.54, 1.807) is 4.90 Å². The molecule has 1 fully saturated rings. The van der Waals surface area contributed by atoms with Crippen LogP contribution in [-0.2, 0) is 19.2 Å². The first-order valence-electron chi connectivity index (χ1n) is 10.9. The van der Waals surface area contributed by atoms with Gasteiger partial charge in [-0.05, 0) is 25.0 Å². The Kier molecular flexibility index (Phi) is 8.38. The van der Waals surface area contributed by atoms with E-state index < -0.39 is 23.4 Å². The Labute approximate surface area is 188 Å². The van der Waals surface area contributed by atoms with Gasteiger partial charge in [-0.2, -0.15) is 0 Å². The molecular formula is C23H33N3O6. The monoisotopic (exact) mass is 447 g/mol. The van der Waals surface area contributed by atoms with Crippen molar-refractivity contribution in [1.82, 2.24) is 0 Å². The van der Waals surface area contributed by atoms with E-state index >= 15 is 0 Å². The van der Waals surface area contributed by atoms with Crippen molar-refractivity contribution in [3.05, 3.63) is 24.3 Å². The SMILES string of the molecule is CC(C)(C)C(=O)CN1C(=O)C(N)CN(C2CCCCC2)c2ccccc21.O=C(O)C(=O)O. The average molecular weight is 448 g/mol. The largest absolute Gasteiger partial charge is 0.473 e. The molecule has 0 saturated heterocycles. The van der Waals surface area contributed by atoms with E-state index in [1.807, 2.05) is 39.0 Å². The van der Waals surface area contributed by atoms with E-state index in [0.717, 1.165) is 24.2 Å². The number of benzene rings is 1. The predicted molar refractivity (Wildman–Crippen MR) is 121 cm³/mol. The molecule has 32 heavy (non-hydrogen) atoms. The first-order valence-corrected chi connectivity index (χ1v) is 10.9. The highest BCUT2D eigenvalue weighted by Gasteiger charge is 2.36. The second-order valence-corrected chi connectivity index (χ2v) is 9.25. The van der Waals surface area contributed by atoms with Gasteiger partial charge in [-0.25, -0.2) is 9.59 Å². The van der Waals surface area contributed by atoms with E-state index in [9.17, 15) is 9.59 Å². The highest BCUT2D eigenvalue weighted by molar-refractivity contribution is 6.27. The van der Waals surface area contributed by atoms with E-state index in [-0.39, 0.29) is 18.2 Å². The number of nitrogens with zero attached hydrogens (tertiary/aromatic N) is 2. The van der Waals surface area contributed by atoms with Crippen LogP contribution < -0.4 is 15.5 Å². The lowest BCUT2D eigenvalue weighted by atomic mass is 9.90. The minimum Gasteiger partial charge on any atom is -0.473 e. The fourth-order valence-corrected chi connectivity index (χ4v) is 3.92. The van der Waals surface area contributed by atoms with Gasteiger partial charge in [-0.1, -0.05) is 52.2 Å². The van der Waals surface area contributed by atoms with Gasteiger partial charge in [0.1, 0.15) is 6.04 Å². The molecule has 1 atom stereocenters. The summed E-state index contributed by atoms with van der Waals surface area (Å²) < 4.78 is 0. The van der Waals surface area contributed by atoms with E-state index in [0.29, 0.717) is 12.6 Å². The molecular weight excluding hydrogens is 414 g/mol. The first-order chi connectivity index (χ1) is 14.9. The molecule has 1 amide bonds. The van der Waals surface area contributed by atoms with Crippen LogP contribution in [0.3, 0.4) is 0 Å². The molecule has 9 heteroatoms. The van der Waals surface area contributed by atoms with Gasteiger partial charge < -0.3 is 25.7 Å². The molecule has 1 unspecified atom stereocenters. The van der Waals surface area contributed by atoms with Crippen LogP contribution in [0, 0.1) is 5.41 Å². The summed E-state index contributed by atoms with van der Waals surface area (Å²) in [6, 6.07) is 7.73. The van der Waals surface area contributed by atoms with Crippen LogP contribution >= 0.6 is 0 Å². The Morgan fingerprint density at radius 2 is 1.53 bits per heavy atom. The minimum atomic E-state index is -1.82. The van der Waals surface area contributed by atoms with Crippen molar-refractivity contribution in [1.29, 1.82) is 0 Å².